The second kappa shape index (κ2) is 6.67. The predicted molar refractivity (Wildman–Crippen MR) is 85.8 cm³/mol. The van der Waals surface area contributed by atoms with Crippen molar-refractivity contribution in [2.75, 3.05) is 7.05 Å². The number of carbonyl (C=O) groups excluding carboxylic acids is 1. The van der Waals surface area contributed by atoms with Gasteiger partial charge in [-0.25, -0.2) is 0 Å². The average molecular weight is 319 g/mol. The van der Waals surface area contributed by atoms with Crippen LogP contribution >= 0.6 is 11.3 Å². The monoisotopic (exact) mass is 319 g/mol. The second-order valence-corrected chi connectivity index (χ2v) is 6.05. The van der Waals surface area contributed by atoms with Gasteiger partial charge in [0.1, 0.15) is 0 Å². The smallest absolute Gasteiger partial charge is 0.274 e. The lowest BCUT2D eigenvalue weighted by Gasteiger charge is -2.23. The molecular weight excluding hydrogens is 302 g/mol. The van der Waals surface area contributed by atoms with Crippen molar-refractivity contribution in [3.8, 4) is 0 Å². The van der Waals surface area contributed by atoms with Gasteiger partial charge in [0.15, 0.2) is 0 Å². The number of benzene rings is 1. The molecule has 0 aliphatic rings. The number of thiophene rings is 1. The molecule has 22 heavy (non-hydrogen) atoms. The van der Waals surface area contributed by atoms with Crippen LogP contribution < -0.4 is 5.73 Å². The van der Waals surface area contributed by atoms with E-state index in [0.29, 0.717) is 12.1 Å². The molecule has 1 atom stereocenters. The van der Waals surface area contributed by atoms with Crippen molar-refractivity contribution in [3.05, 3.63) is 61.8 Å². The molecule has 0 unspecified atom stereocenters. The van der Waals surface area contributed by atoms with Crippen molar-refractivity contribution in [2.45, 2.75) is 19.5 Å². The van der Waals surface area contributed by atoms with Gasteiger partial charge in [0.25, 0.3) is 5.69 Å². The molecule has 1 heterocycles. The molecule has 6 nitrogen and oxygen atoms in total. The summed E-state index contributed by atoms with van der Waals surface area (Å²) >= 11 is 1.65. The van der Waals surface area contributed by atoms with Gasteiger partial charge in [-0.3, -0.25) is 19.8 Å². The second-order valence-electron chi connectivity index (χ2n) is 5.07. The zero-order valence-electron chi connectivity index (χ0n) is 12.4. The third-order valence-electron chi connectivity index (χ3n) is 3.60. The highest BCUT2D eigenvalue weighted by Crippen LogP contribution is 2.27. The molecule has 0 spiro atoms. The van der Waals surface area contributed by atoms with E-state index in [1.54, 1.807) is 17.4 Å². The summed E-state index contributed by atoms with van der Waals surface area (Å²) in [6, 6.07) is 8.52. The molecule has 2 aromatic rings. The number of hydrogen-bond donors (Lipinski definition) is 1. The van der Waals surface area contributed by atoms with Crippen LogP contribution in [0.15, 0.2) is 35.7 Å². The highest BCUT2D eigenvalue weighted by molar-refractivity contribution is 7.10. The topological polar surface area (TPSA) is 89.5 Å². The van der Waals surface area contributed by atoms with E-state index in [0.717, 1.165) is 0 Å². The molecule has 2 N–H and O–H groups in total. The van der Waals surface area contributed by atoms with Crippen LogP contribution in [-0.4, -0.2) is 22.8 Å². The standard InChI is InChI=1S/C15H17N3O3S/c1-10(14-4-3-7-22-14)17(2)9-12-6-5-11(15(16)19)8-13(12)18(20)21/h3-8,10H,9H2,1-2H3,(H2,16,19)/t10-/m0/s1. The van der Waals surface area contributed by atoms with E-state index in [2.05, 4.69) is 6.92 Å². The SMILES string of the molecule is C[C@@H](c1cccs1)N(C)Cc1ccc(C(N)=O)cc1[N+](=O)[O-]. The van der Waals surface area contributed by atoms with Crippen LogP contribution in [0, 0.1) is 10.1 Å². The number of nitro benzene ring substituents is 1. The number of nitrogens with zero attached hydrogens (tertiary/aromatic N) is 2. The summed E-state index contributed by atoms with van der Waals surface area (Å²) in [4.78, 5) is 25.1. The largest absolute Gasteiger partial charge is 0.366 e. The maximum atomic E-state index is 11.2. The van der Waals surface area contributed by atoms with Gasteiger partial charge in [-0.1, -0.05) is 12.1 Å². The molecule has 0 aliphatic carbocycles. The molecule has 7 heteroatoms. The molecule has 1 aromatic carbocycles. The van der Waals surface area contributed by atoms with Crippen molar-refractivity contribution >= 4 is 22.9 Å². The van der Waals surface area contributed by atoms with E-state index in [-0.39, 0.29) is 17.3 Å². The zero-order chi connectivity index (χ0) is 16.3. The number of carbonyl (C=O) groups is 1. The van der Waals surface area contributed by atoms with Gasteiger partial charge in [-0.2, -0.15) is 0 Å². The van der Waals surface area contributed by atoms with E-state index in [1.807, 2.05) is 29.5 Å². The van der Waals surface area contributed by atoms with Crippen LogP contribution in [0.4, 0.5) is 5.69 Å². The normalized spacial score (nSPS) is 12.3. The van der Waals surface area contributed by atoms with E-state index < -0.39 is 10.8 Å². The summed E-state index contributed by atoms with van der Waals surface area (Å²) in [5.41, 5.74) is 5.79. The highest BCUT2D eigenvalue weighted by Gasteiger charge is 2.20. The zero-order valence-corrected chi connectivity index (χ0v) is 13.2. The van der Waals surface area contributed by atoms with Crippen LogP contribution in [0.5, 0.6) is 0 Å². The minimum Gasteiger partial charge on any atom is -0.366 e. The molecule has 1 aromatic heterocycles. The molecule has 0 bridgehead atoms. The van der Waals surface area contributed by atoms with Crippen LogP contribution in [0.3, 0.4) is 0 Å². The van der Waals surface area contributed by atoms with Crippen LogP contribution in [0.25, 0.3) is 0 Å². The number of rotatable bonds is 6. The molecule has 0 fully saturated rings. The van der Waals surface area contributed by atoms with Crippen molar-refractivity contribution < 1.29 is 9.72 Å². The summed E-state index contributed by atoms with van der Waals surface area (Å²) in [5, 5.41) is 13.2. The average Bonchev–Trinajstić information content (AvgIpc) is 3.00. The fraction of sp³-hybridized carbons (Fsp3) is 0.267. The van der Waals surface area contributed by atoms with Crippen molar-refractivity contribution in [2.24, 2.45) is 5.73 Å². The van der Waals surface area contributed by atoms with Gasteiger partial charge < -0.3 is 5.73 Å². The molecule has 0 saturated heterocycles. The molecule has 0 radical (unpaired) electrons. The van der Waals surface area contributed by atoms with E-state index >= 15 is 0 Å². The van der Waals surface area contributed by atoms with Crippen LogP contribution in [0.1, 0.15) is 33.8 Å². The number of hydrogen-bond acceptors (Lipinski definition) is 5. The fourth-order valence-electron chi connectivity index (χ4n) is 2.17. The lowest BCUT2D eigenvalue weighted by atomic mass is 10.1. The van der Waals surface area contributed by atoms with Gasteiger partial charge in [0, 0.05) is 34.7 Å². The Morgan fingerprint density at radius 1 is 1.45 bits per heavy atom. The Bertz CT molecular complexity index is 685. The van der Waals surface area contributed by atoms with Crippen LogP contribution in [-0.2, 0) is 6.54 Å². The van der Waals surface area contributed by atoms with E-state index in [4.69, 9.17) is 5.73 Å². The molecule has 0 aliphatic heterocycles. The Kier molecular flexibility index (Phi) is 4.89. The first kappa shape index (κ1) is 16.1. The summed E-state index contributed by atoms with van der Waals surface area (Å²) in [6.45, 7) is 2.46. The summed E-state index contributed by atoms with van der Waals surface area (Å²) < 4.78 is 0. The quantitative estimate of drug-likeness (QED) is 0.655. The predicted octanol–water partition coefficient (Wildman–Crippen LogP) is 2.95. The number of nitro groups is 1. The summed E-state index contributed by atoms with van der Waals surface area (Å²) in [5.74, 6) is -0.671. The van der Waals surface area contributed by atoms with Gasteiger partial charge >= 0.3 is 0 Å². The van der Waals surface area contributed by atoms with Gasteiger partial charge in [-0.05, 0) is 31.5 Å². The van der Waals surface area contributed by atoms with Crippen molar-refractivity contribution in [1.82, 2.24) is 4.90 Å². The molecule has 0 saturated carbocycles. The summed E-state index contributed by atoms with van der Waals surface area (Å²) in [7, 11) is 1.91. The number of nitrogens with two attached hydrogens (primary N) is 1. The van der Waals surface area contributed by atoms with Crippen molar-refractivity contribution in [1.29, 1.82) is 0 Å². The molecule has 1 amide bonds. The fourth-order valence-corrected chi connectivity index (χ4v) is 3.02. The summed E-state index contributed by atoms with van der Waals surface area (Å²) in [6.07, 6.45) is 0. The van der Waals surface area contributed by atoms with Crippen molar-refractivity contribution in [3.63, 3.8) is 0 Å². The first-order valence-electron chi connectivity index (χ1n) is 6.71. The number of amides is 1. The lowest BCUT2D eigenvalue weighted by molar-refractivity contribution is -0.385. The Morgan fingerprint density at radius 3 is 2.73 bits per heavy atom. The Morgan fingerprint density at radius 2 is 2.18 bits per heavy atom. The Hall–Kier alpha value is -2.25. The van der Waals surface area contributed by atoms with E-state index in [1.165, 1.54) is 17.0 Å². The van der Waals surface area contributed by atoms with Gasteiger partial charge in [0.05, 0.1) is 4.92 Å². The van der Waals surface area contributed by atoms with E-state index in [9.17, 15) is 14.9 Å². The van der Waals surface area contributed by atoms with Gasteiger partial charge in [-0.15, -0.1) is 11.3 Å². The highest BCUT2D eigenvalue weighted by atomic mass is 32.1. The Balaban J connectivity index is 2.25. The first-order valence-corrected chi connectivity index (χ1v) is 7.59. The third-order valence-corrected chi connectivity index (χ3v) is 4.64. The third kappa shape index (κ3) is 3.49. The molecular formula is C15H17N3O3S. The van der Waals surface area contributed by atoms with Crippen LogP contribution in [0.2, 0.25) is 0 Å². The molecule has 2 rings (SSSR count). The first-order chi connectivity index (χ1) is 10.4. The number of primary amides is 1. The maximum Gasteiger partial charge on any atom is 0.274 e. The lowest BCUT2D eigenvalue weighted by Crippen LogP contribution is -2.22. The minimum absolute atomic E-state index is 0.0819. The Labute approximate surface area is 132 Å². The maximum absolute atomic E-state index is 11.2. The minimum atomic E-state index is -0.671. The van der Waals surface area contributed by atoms with Gasteiger partial charge in [0.2, 0.25) is 5.91 Å². The molecule has 116 valence electrons.